The predicted molar refractivity (Wildman–Crippen MR) is 52.7 cm³/mol. The minimum Gasteiger partial charge on any atom is -0.463 e. The fraction of sp³-hybridized carbons (Fsp3) is 0.222. The molecule has 2 nitrogen and oxygen atoms in total. The molecule has 12 heavy (non-hydrogen) atoms. The molecule has 1 aromatic rings. The van der Waals surface area contributed by atoms with E-state index in [0.717, 1.165) is 5.56 Å². The van der Waals surface area contributed by atoms with Crippen LogP contribution in [0.5, 0.6) is 0 Å². The Balaban J connectivity index is 2.65. The normalized spacial score (nSPS) is 12.1. The summed E-state index contributed by atoms with van der Waals surface area (Å²) in [6.45, 7) is 1.91. The first kappa shape index (κ1) is 9.00. The van der Waals surface area contributed by atoms with Crippen molar-refractivity contribution in [1.82, 2.24) is 0 Å². The van der Waals surface area contributed by atoms with Crippen LogP contribution in [-0.4, -0.2) is 5.17 Å². The van der Waals surface area contributed by atoms with Crippen LogP contribution in [0.15, 0.2) is 30.3 Å². The van der Waals surface area contributed by atoms with Gasteiger partial charge in [-0.1, -0.05) is 30.3 Å². The van der Waals surface area contributed by atoms with E-state index < -0.39 is 0 Å². The highest BCUT2D eigenvalue weighted by Crippen LogP contribution is 2.15. The zero-order chi connectivity index (χ0) is 8.97. The van der Waals surface area contributed by atoms with Gasteiger partial charge in [0, 0.05) is 0 Å². The molecule has 1 atom stereocenters. The van der Waals surface area contributed by atoms with E-state index in [1.807, 2.05) is 37.3 Å². The zero-order valence-electron chi connectivity index (χ0n) is 6.86. The Labute approximate surface area is 77.3 Å². The number of thiocarbonyl (C=S) groups is 1. The Morgan fingerprint density at radius 3 is 2.50 bits per heavy atom. The highest BCUT2D eigenvalue weighted by molar-refractivity contribution is 7.80. The van der Waals surface area contributed by atoms with Gasteiger partial charge < -0.3 is 10.5 Å². The first-order valence-electron chi connectivity index (χ1n) is 3.71. The van der Waals surface area contributed by atoms with Crippen LogP contribution >= 0.6 is 12.2 Å². The molecule has 0 saturated carbocycles. The average molecular weight is 181 g/mol. The molecule has 0 aliphatic heterocycles. The van der Waals surface area contributed by atoms with Gasteiger partial charge in [-0.2, -0.15) is 0 Å². The van der Waals surface area contributed by atoms with Crippen molar-refractivity contribution >= 4 is 17.4 Å². The molecule has 0 saturated heterocycles. The lowest BCUT2D eigenvalue weighted by atomic mass is 10.1. The molecule has 1 aromatic carbocycles. The van der Waals surface area contributed by atoms with Crippen LogP contribution in [-0.2, 0) is 4.74 Å². The van der Waals surface area contributed by atoms with Gasteiger partial charge in [-0.25, -0.2) is 0 Å². The maximum Gasteiger partial charge on any atom is 0.254 e. The van der Waals surface area contributed by atoms with Crippen LogP contribution in [0.1, 0.15) is 18.6 Å². The van der Waals surface area contributed by atoms with Gasteiger partial charge in [-0.3, -0.25) is 0 Å². The van der Waals surface area contributed by atoms with Gasteiger partial charge in [0.2, 0.25) is 0 Å². The van der Waals surface area contributed by atoms with Crippen molar-refractivity contribution in [3.63, 3.8) is 0 Å². The fourth-order valence-electron chi connectivity index (χ4n) is 0.966. The number of benzene rings is 1. The van der Waals surface area contributed by atoms with Gasteiger partial charge in [0.1, 0.15) is 6.10 Å². The largest absolute Gasteiger partial charge is 0.463 e. The molecular formula is C9H11NOS. The van der Waals surface area contributed by atoms with Gasteiger partial charge in [0.15, 0.2) is 0 Å². The summed E-state index contributed by atoms with van der Waals surface area (Å²) in [4.78, 5) is 0. The summed E-state index contributed by atoms with van der Waals surface area (Å²) in [6.07, 6.45) is -0.0660. The first-order chi connectivity index (χ1) is 5.70. The quantitative estimate of drug-likeness (QED) is 0.709. The van der Waals surface area contributed by atoms with Crippen molar-refractivity contribution in [3.8, 4) is 0 Å². The van der Waals surface area contributed by atoms with Crippen LogP contribution in [0, 0.1) is 0 Å². The fourth-order valence-corrected chi connectivity index (χ4v) is 1.11. The highest BCUT2D eigenvalue weighted by atomic mass is 32.1. The van der Waals surface area contributed by atoms with Crippen LogP contribution in [0.25, 0.3) is 0 Å². The van der Waals surface area contributed by atoms with Crippen LogP contribution in [0.2, 0.25) is 0 Å². The smallest absolute Gasteiger partial charge is 0.254 e. The molecule has 0 aliphatic carbocycles. The summed E-state index contributed by atoms with van der Waals surface area (Å²) in [7, 11) is 0. The monoisotopic (exact) mass is 181 g/mol. The second-order valence-corrected chi connectivity index (χ2v) is 2.89. The topological polar surface area (TPSA) is 35.2 Å². The van der Waals surface area contributed by atoms with E-state index in [1.165, 1.54) is 0 Å². The molecule has 0 heterocycles. The van der Waals surface area contributed by atoms with Gasteiger partial charge >= 0.3 is 0 Å². The molecule has 0 bridgehead atoms. The Morgan fingerprint density at radius 1 is 1.42 bits per heavy atom. The van der Waals surface area contributed by atoms with Crippen molar-refractivity contribution in [2.45, 2.75) is 13.0 Å². The Hall–Kier alpha value is -1.09. The SMILES string of the molecule is CC(OC(N)=S)c1ccccc1. The summed E-state index contributed by atoms with van der Waals surface area (Å²) in [5.74, 6) is 0. The second-order valence-electron chi connectivity index (χ2n) is 2.49. The molecule has 3 heteroatoms. The summed E-state index contributed by atoms with van der Waals surface area (Å²) in [5, 5.41) is 0.0892. The molecule has 0 aliphatic rings. The third-order valence-corrected chi connectivity index (χ3v) is 1.66. The lowest BCUT2D eigenvalue weighted by Crippen LogP contribution is -2.15. The third kappa shape index (κ3) is 2.51. The molecule has 2 N–H and O–H groups in total. The Kier molecular flexibility index (Phi) is 3.05. The molecular weight excluding hydrogens is 170 g/mol. The number of hydrogen-bond acceptors (Lipinski definition) is 2. The molecule has 0 amide bonds. The van der Waals surface area contributed by atoms with E-state index in [9.17, 15) is 0 Å². The van der Waals surface area contributed by atoms with Crippen LogP contribution < -0.4 is 5.73 Å². The van der Waals surface area contributed by atoms with E-state index in [1.54, 1.807) is 0 Å². The highest BCUT2D eigenvalue weighted by Gasteiger charge is 2.04. The second kappa shape index (κ2) is 4.07. The molecule has 0 aromatic heterocycles. The lowest BCUT2D eigenvalue weighted by Gasteiger charge is -2.12. The van der Waals surface area contributed by atoms with Crippen LogP contribution in [0.3, 0.4) is 0 Å². The molecule has 0 spiro atoms. The maximum atomic E-state index is 5.24. The number of hydrogen-bond donors (Lipinski definition) is 1. The molecule has 0 radical (unpaired) electrons. The van der Waals surface area contributed by atoms with Gasteiger partial charge in [0.05, 0.1) is 0 Å². The number of rotatable bonds is 2. The summed E-state index contributed by atoms with van der Waals surface area (Å²) < 4.78 is 5.15. The molecule has 0 fully saturated rings. The van der Waals surface area contributed by atoms with Crippen molar-refractivity contribution in [3.05, 3.63) is 35.9 Å². The standard InChI is InChI=1S/C9H11NOS/c1-7(11-9(10)12)8-5-3-2-4-6-8/h2-7H,1H3,(H2,10,12). The van der Waals surface area contributed by atoms with E-state index in [0.29, 0.717) is 0 Å². The molecule has 1 unspecified atom stereocenters. The Morgan fingerprint density at radius 2 is 2.00 bits per heavy atom. The Bertz CT molecular complexity index is 260. The predicted octanol–water partition coefficient (Wildman–Crippen LogP) is 2.01. The van der Waals surface area contributed by atoms with E-state index in [4.69, 9.17) is 10.5 Å². The maximum absolute atomic E-state index is 5.24. The zero-order valence-corrected chi connectivity index (χ0v) is 7.67. The van der Waals surface area contributed by atoms with E-state index in [2.05, 4.69) is 12.2 Å². The summed E-state index contributed by atoms with van der Waals surface area (Å²) in [6, 6.07) is 9.81. The van der Waals surface area contributed by atoms with E-state index in [-0.39, 0.29) is 11.3 Å². The summed E-state index contributed by atoms with van der Waals surface area (Å²) in [5.41, 5.74) is 6.31. The van der Waals surface area contributed by atoms with Gasteiger partial charge in [-0.05, 0) is 24.7 Å². The van der Waals surface area contributed by atoms with Crippen molar-refractivity contribution < 1.29 is 4.74 Å². The summed E-state index contributed by atoms with van der Waals surface area (Å²) >= 11 is 4.63. The van der Waals surface area contributed by atoms with Crippen molar-refractivity contribution in [2.24, 2.45) is 5.73 Å². The molecule has 64 valence electrons. The van der Waals surface area contributed by atoms with E-state index >= 15 is 0 Å². The third-order valence-electron chi connectivity index (χ3n) is 1.56. The van der Waals surface area contributed by atoms with Crippen molar-refractivity contribution in [2.75, 3.05) is 0 Å². The average Bonchev–Trinajstić information content (AvgIpc) is 2.05. The van der Waals surface area contributed by atoms with Crippen LogP contribution in [0.4, 0.5) is 0 Å². The van der Waals surface area contributed by atoms with Gasteiger partial charge in [-0.15, -0.1) is 0 Å². The number of nitrogens with two attached hydrogens (primary N) is 1. The number of ether oxygens (including phenoxy) is 1. The lowest BCUT2D eigenvalue weighted by molar-refractivity contribution is 0.216. The van der Waals surface area contributed by atoms with Gasteiger partial charge in [0.25, 0.3) is 5.17 Å². The molecule has 1 rings (SSSR count). The minimum atomic E-state index is -0.0660. The van der Waals surface area contributed by atoms with Crippen molar-refractivity contribution in [1.29, 1.82) is 0 Å². The first-order valence-corrected chi connectivity index (χ1v) is 4.12. The minimum absolute atomic E-state index is 0.0660.